The second-order valence-electron chi connectivity index (χ2n) is 7.32. The van der Waals surface area contributed by atoms with Crippen molar-refractivity contribution in [3.63, 3.8) is 0 Å². The summed E-state index contributed by atoms with van der Waals surface area (Å²) in [6, 6.07) is 7.24. The third kappa shape index (κ3) is 6.40. The minimum Gasteiger partial charge on any atom is -0.346 e. The lowest BCUT2D eigenvalue weighted by molar-refractivity contribution is -0.125. The summed E-state index contributed by atoms with van der Waals surface area (Å²) in [6.07, 6.45) is 0. The molecule has 1 aliphatic heterocycles. The standard InChI is InChI=1S/C19H31N5O2/c1-14(2)18(20)19(26)21-12-17(25)22-16-6-4-5-15(11-16)13-24-9-7-23(3)8-10-24/h4-6,11,14,18H,7-10,12-13,20H2,1-3H3,(H,21,26)(H,22,25)/t18-/m0/s1. The number of carbonyl (C=O) groups is 2. The van der Waals surface area contributed by atoms with Crippen LogP contribution in [0.15, 0.2) is 24.3 Å². The highest BCUT2D eigenvalue weighted by Gasteiger charge is 2.18. The van der Waals surface area contributed by atoms with Gasteiger partial charge >= 0.3 is 0 Å². The van der Waals surface area contributed by atoms with Crippen molar-refractivity contribution in [2.45, 2.75) is 26.4 Å². The summed E-state index contributed by atoms with van der Waals surface area (Å²) in [6.45, 7) is 8.79. The monoisotopic (exact) mass is 361 g/mol. The zero-order valence-electron chi connectivity index (χ0n) is 16.0. The quantitative estimate of drug-likeness (QED) is 0.657. The van der Waals surface area contributed by atoms with Gasteiger partial charge in [0.25, 0.3) is 0 Å². The summed E-state index contributed by atoms with van der Waals surface area (Å²) >= 11 is 0. The van der Waals surface area contributed by atoms with Crippen molar-refractivity contribution in [2.75, 3.05) is 45.1 Å². The number of carbonyl (C=O) groups excluding carboxylic acids is 2. The molecule has 0 radical (unpaired) electrons. The molecule has 1 atom stereocenters. The second kappa shape index (κ2) is 9.66. The Morgan fingerprint density at radius 1 is 1.19 bits per heavy atom. The van der Waals surface area contributed by atoms with Crippen LogP contribution in [0.25, 0.3) is 0 Å². The molecule has 1 saturated heterocycles. The van der Waals surface area contributed by atoms with Crippen molar-refractivity contribution in [1.82, 2.24) is 15.1 Å². The maximum absolute atomic E-state index is 12.1. The molecule has 0 bridgehead atoms. The van der Waals surface area contributed by atoms with Gasteiger partial charge in [0.15, 0.2) is 0 Å². The van der Waals surface area contributed by atoms with E-state index < -0.39 is 6.04 Å². The molecule has 0 aliphatic carbocycles. The molecule has 1 aromatic rings. The van der Waals surface area contributed by atoms with E-state index in [1.807, 2.05) is 32.0 Å². The molecule has 1 heterocycles. The number of likely N-dealkylation sites (N-methyl/N-ethyl adjacent to an activating group) is 1. The number of anilines is 1. The minimum absolute atomic E-state index is 0.0318. The van der Waals surface area contributed by atoms with Gasteiger partial charge in [-0.15, -0.1) is 0 Å². The van der Waals surface area contributed by atoms with E-state index in [1.54, 1.807) is 0 Å². The molecule has 0 aromatic heterocycles. The first-order valence-corrected chi connectivity index (χ1v) is 9.18. The lowest BCUT2D eigenvalue weighted by Gasteiger charge is -2.32. The van der Waals surface area contributed by atoms with Crippen LogP contribution in [0, 0.1) is 5.92 Å². The van der Waals surface area contributed by atoms with Crippen LogP contribution < -0.4 is 16.4 Å². The van der Waals surface area contributed by atoms with Gasteiger partial charge in [-0.25, -0.2) is 0 Å². The van der Waals surface area contributed by atoms with Crippen LogP contribution in [0.3, 0.4) is 0 Å². The molecule has 0 spiro atoms. The van der Waals surface area contributed by atoms with E-state index in [0.717, 1.165) is 38.4 Å². The maximum Gasteiger partial charge on any atom is 0.243 e. The Morgan fingerprint density at radius 2 is 1.88 bits per heavy atom. The number of amides is 2. The molecule has 1 aromatic carbocycles. The summed E-state index contributed by atoms with van der Waals surface area (Å²) in [5.41, 5.74) is 7.67. The van der Waals surface area contributed by atoms with Crippen LogP contribution in [0.1, 0.15) is 19.4 Å². The number of rotatable bonds is 7. The van der Waals surface area contributed by atoms with Crippen LogP contribution in [0.2, 0.25) is 0 Å². The number of piperazine rings is 1. The first-order chi connectivity index (χ1) is 12.3. The number of nitrogens with two attached hydrogens (primary N) is 1. The van der Waals surface area contributed by atoms with Gasteiger partial charge < -0.3 is 21.3 Å². The van der Waals surface area contributed by atoms with Gasteiger partial charge in [-0.3, -0.25) is 14.5 Å². The predicted molar refractivity (Wildman–Crippen MR) is 104 cm³/mol. The smallest absolute Gasteiger partial charge is 0.243 e. The average Bonchev–Trinajstić information content (AvgIpc) is 2.61. The molecule has 7 heteroatoms. The largest absolute Gasteiger partial charge is 0.346 e. The van der Waals surface area contributed by atoms with Crippen molar-refractivity contribution < 1.29 is 9.59 Å². The fourth-order valence-electron chi connectivity index (χ4n) is 2.80. The highest BCUT2D eigenvalue weighted by atomic mass is 16.2. The lowest BCUT2D eigenvalue weighted by atomic mass is 10.1. The Balaban J connectivity index is 1.82. The van der Waals surface area contributed by atoms with Crippen molar-refractivity contribution in [3.05, 3.63) is 29.8 Å². The van der Waals surface area contributed by atoms with E-state index in [2.05, 4.69) is 33.5 Å². The van der Waals surface area contributed by atoms with Crippen LogP contribution in [0.4, 0.5) is 5.69 Å². The minimum atomic E-state index is -0.602. The average molecular weight is 361 g/mol. The van der Waals surface area contributed by atoms with Crippen LogP contribution >= 0.6 is 0 Å². The number of benzene rings is 1. The number of hydrogen-bond acceptors (Lipinski definition) is 5. The van der Waals surface area contributed by atoms with E-state index in [4.69, 9.17) is 5.73 Å². The summed E-state index contributed by atoms with van der Waals surface area (Å²) < 4.78 is 0. The normalized spacial score (nSPS) is 17.1. The Hall–Kier alpha value is -1.96. The SMILES string of the molecule is CC(C)[C@H](N)C(=O)NCC(=O)Nc1cccc(CN2CCN(C)CC2)c1. The maximum atomic E-state index is 12.1. The van der Waals surface area contributed by atoms with Crippen LogP contribution in [0.5, 0.6) is 0 Å². The molecule has 26 heavy (non-hydrogen) atoms. The molecule has 0 unspecified atom stereocenters. The van der Waals surface area contributed by atoms with Crippen molar-refractivity contribution in [3.8, 4) is 0 Å². The number of hydrogen-bond donors (Lipinski definition) is 3. The molecule has 0 saturated carbocycles. The Kier molecular flexibility index (Phi) is 7.56. The Bertz CT molecular complexity index is 612. The van der Waals surface area contributed by atoms with Gasteiger partial charge in [0, 0.05) is 38.4 Å². The van der Waals surface area contributed by atoms with Crippen LogP contribution in [-0.2, 0) is 16.1 Å². The second-order valence-corrected chi connectivity index (χ2v) is 7.32. The van der Waals surface area contributed by atoms with Gasteiger partial charge in [0.2, 0.25) is 11.8 Å². The van der Waals surface area contributed by atoms with Gasteiger partial charge in [-0.05, 0) is 30.7 Å². The van der Waals surface area contributed by atoms with Gasteiger partial charge in [0.1, 0.15) is 0 Å². The number of nitrogens with zero attached hydrogens (tertiary/aromatic N) is 2. The highest BCUT2D eigenvalue weighted by molar-refractivity contribution is 5.95. The zero-order chi connectivity index (χ0) is 19.1. The molecular weight excluding hydrogens is 330 g/mol. The summed E-state index contributed by atoms with van der Waals surface area (Å²) in [5.74, 6) is -0.533. The van der Waals surface area contributed by atoms with Crippen molar-refractivity contribution in [2.24, 2.45) is 11.7 Å². The van der Waals surface area contributed by atoms with Gasteiger partial charge in [-0.2, -0.15) is 0 Å². The predicted octanol–water partition coefficient (Wildman–Crippen LogP) is 0.472. The molecule has 1 aliphatic rings. The molecule has 144 valence electrons. The van der Waals surface area contributed by atoms with Gasteiger partial charge in [0.05, 0.1) is 12.6 Å². The lowest BCUT2D eigenvalue weighted by Crippen LogP contribution is -2.46. The topological polar surface area (TPSA) is 90.7 Å². The summed E-state index contributed by atoms with van der Waals surface area (Å²) in [7, 11) is 2.14. The summed E-state index contributed by atoms with van der Waals surface area (Å²) in [5, 5.41) is 5.41. The highest BCUT2D eigenvalue weighted by Crippen LogP contribution is 2.13. The molecule has 2 rings (SSSR count). The molecular formula is C19H31N5O2. The Morgan fingerprint density at radius 3 is 2.54 bits per heavy atom. The van der Waals surface area contributed by atoms with Crippen LogP contribution in [-0.4, -0.2) is 67.4 Å². The van der Waals surface area contributed by atoms with Gasteiger partial charge in [-0.1, -0.05) is 26.0 Å². The van der Waals surface area contributed by atoms with E-state index >= 15 is 0 Å². The molecule has 2 amide bonds. The fourth-order valence-corrected chi connectivity index (χ4v) is 2.80. The third-order valence-corrected chi connectivity index (χ3v) is 4.66. The first-order valence-electron chi connectivity index (χ1n) is 9.18. The van der Waals surface area contributed by atoms with E-state index in [1.165, 1.54) is 5.56 Å². The van der Waals surface area contributed by atoms with Crippen molar-refractivity contribution >= 4 is 17.5 Å². The number of nitrogens with one attached hydrogen (secondary N) is 2. The summed E-state index contributed by atoms with van der Waals surface area (Å²) in [4.78, 5) is 28.6. The molecule has 4 N–H and O–H groups in total. The first kappa shape index (κ1) is 20.4. The zero-order valence-corrected chi connectivity index (χ0v) is 16.0. The van der Waals surface area contributed by atoms with E-state index in [-0.39, 0.29) is 24.3 Å². The Labute approximate surface area is 155 Å². The van der Waals surface area contributed by atoms with Crippen molar-refractivity contribution in [1.29, 1.82) is 0 Å². The van der Waals surface area contributed by atoms with E-state index in [0.29, 0.717) is 0 Å². The third-order valence-electron chi connectivity index (χ3n) is 4.66. The molecule has 1 fully saturated rings. The fraction of sp³-hybridized carbons (Fsp3) is 0.579. The molecule has 7 nitrogen and oxygen atoms in total. The van der Waals surface area contributed by atoms with E-state index in [9.17, 15) is 9.59 Å².